The Balaban J connectivity index is 1.49. The molecular formula is C42H38FN3O4S. The van der Waals surface area contributed by atoms with E-state index < -0.39 is 12.0 Å². The Morgan fingerprint density at radius 2 is 1.75 bits per heavy atom. The molecule has 0 radical (unpaired) electrons. The largest absolute Gasteiger partial charge is 0.496 e. The molecule has 0 amide bonds. The third-order valence-electron chi connectivity index (χ3n) is 9.28. The van der Waals surface area contributed by atoms with Crippen LogP contribution in [0.1, 0.15) is 66.1 Å². The molecule has 7 rings (SSSR count). The molecule has 0 N–H and O–H groups in total. The van der Waals surface area contributed by atoms with Crippen molar-refractivity contribution in [2.45, 2.75) is 46.2 Å². The van der Waals surface area contributed by atoms with Gasteiger partial charge < -0.3 is 14.0 Å². The number of esters is 1. The van der Waals surface area contributed by atoms with Gasteiger partial charge in [-0.25, -0.2) is 14.2 Å². The number of hydrogen-bond donors (Lipinski definition) is 0. The lowest BCUT2D eigenvalue weighted by atomic mass is 9.87. The summed E-state index contributed by atoms with van der Waals surface area (Å²) in [5.41, 5.74) is 6.73. The lowest BCUT2D eigenvalue weighted by molar-refractivity contribution is -0.138. The number of rotatable bonds is 9. The van der Waals surface area contributed by atoms with Crippen LogP contribution in [0.25, 0.3) is 22.7 Å². The summed E-state index contributed by atoms with van der Waals surface area (Å²) in [5.74, 6) is 0.0634. The van der Waals surface area contributed by atoms with Gasteiger partial charge in [0, 0.05) is 34.8 Å². The number of ether oxygens (including phenoxy) is 2. The zero-order chi connectivity index (χ0) is 35.8. The van der Waals surface area contributed by atoms with Crippen LogP contribution in [0.15, 0.2) is 113 Å². The van der Waals surface area contributed by atoms with Crippen LogP contribution in [0.2, 0.25) is 0 Å². The molecule has 3 heterocycles. The van der Waals surface area contributed by atoms with Crippen LogP contribution < -0.4 is 19.6 Å². The number of benzene rings is 4. The van der Waals surface area contributed by atoms with E-state index in [4.69, 9.17) is 14.5 Å². The minimum Gasteiger partial charge on any atom is -0.496 e. The molecule has 1 atom stereocenters. The highest BCUT2D eigenvalue weighted by Gasteiger charge is 2.36. The third kappa shape index (κ3) is 6.34. The first-order valence-corrected chi connectivity index (χ1v) is 17.8. The number of nitrogens with zero attached hydrogens (tertiary/aromatic N) is 3. The molecule has 6 aromatic rings. The van der Waals surface area contributed by atoms with Crippen molar-refractivity contribution in [3.63, 3.8) is 0 Å². The Kier molecular flexibility index (Phi) is 9.31. The predicted molar refractivity (Wildman–Crippen MR) is 200 cm³/mol. The van der Waals surface area contributed by atoms with Gasteiger partial charge in [0.15, 0.2) is 4.80 Å². The van der Waals surface area contributed by atoms with E-state index in [1.165, 1.54) is 23.5 Å². The van der Waals surface area contributed by atoms with Crippen LogP contribution in [-0.2, 0) is 16.1 Å². The molecule has 0 aliphatic carbocycles. The number of carbonyl (C=O) groups is 1. The summed E-state index contributed by atoms with van der Waals surface area (Å²) in [6.07, 6.45) is 3.92. The molecule has 0 spiro atoms. The number of fused-ring (bicyclic) bond motifs is 2. The summed E-state index contributed by atoms with van der Waals surface area (Å²) in [5, 5.41) is 0.978. The van der Waals surface area contributed by atoms with E-state index in [1.54, 1.807) is 30.7 Å². The number of aromatic nitrogens is 2. The number of halogens is 1. The predicted octanol–water partition coefficient (Wildman–Crippen LogP) is 7.52. The lowest BCUT2D eigenvalue weighted by Crippen LogP contribution is -2.40. The Bertz CT molecular complexity index is 2490. The molecular weight excluding hydrogens is 662 g/mol. The number of thiazole rings is 1. The van der Waals surface area contributed by atoms with E-state index in [2.05, 4.69) is 24.5 Å². The molecule has 1 aliphatic heterocycles. The molecule has 7 nitrogen and oxygen atoms in total. The average Bonchev–Trinajstić information content (AvgIpc) is 3.64. The highest BCUT2D eigenvalue weighted by molar-refractivity contribution is 7.07. The van der Waals surface area contributed by atoms with Gasteiger partial charge in [-0.05, 0) is 78.4 Å². The van der Waals surface area contributed by atoms with Gasteiger partial charge in [-0.15, -0.1) is 0 Å². The molecule has 4 aromatic carbocycles. The van der Waals surface area contributed by atoms with Crippen LogP contribution >= 0.6 is 11.3 Å². The number of methoxy groups -OCH3 is 1. The van der Waals surface area contributed by atoms with Gasteiger partial charge in [0.05, 0.1) is 35.6 Å². The van der Waals surface area contributed by atoms with Crippen molar-refractivity contribution in [3.8, 4) is 5.75 Å². The Morgan fingerprint density at radius 1 is 1.02 bits per heavy atom. The van der Waals surface area contributed by atoms with E-state index in [0.717, 1.165) is 50.0 Å². The molecule has 0 saturated heterocycles. The fraction of sp³-hybridized carbons (Fsp3) is 0.214. The van der Waals surface area contributed by atoms with E-state index in [0.29, 0.717) is 27.1 Å². The standard InChI is InChI=1S/C42H38FN3O4S/c1-6-50-41(48)37-38(28-12-8-7-9-13-28)44-42-46(39(37)33-22-32(25(2)3)35(49-5)20-26(33)4)40(47)36(51-42)21-29-24-45(34-15-11-10-14-31(29)34)23-27-16-18-30(43)19-17-27/h7-22,24-25,39H,6,23H2,1-5H3/b36-21-. The van der Waals surface area contributed by atoms with Gasteiger partial charge in [0.1, 0.15) is 11.6 Å². The van der Waals surface area contributed by atoms with Crippen molar-refractivity contribution in [1.82, 2.24) is 9.13 Å². The first-order chi connectivity index (χ1) is 24.7. The van der Waals surface area contributed by atoms with Gasteiger partial charge in [-0.1, -0.05) is 85.8 Å². The van der Waals surface area contributed by atoms with E-state index >= 15 is 0 Å². The molecule has 1 aliphatic rings. The third-order valence-corrected chi connectivity index (χ3v) is 10.3. The molecule has 51 heavy (non-hydrogen) atoms. The van der Waals surface area contributed by atoms with Crippen LogP contribution in [0, 0.1) is 12.7 Å². The monoisotopic (exact) mass is 699 g/mol. The second-order valence-electron chi connectivity index (χ2n) is 12.9. The minimum absolute atomic E-state index is 0.117. The molecule has 0 fully saturated rings. The maximum absolute atomic E-state index is 14.7. The van der Waals surface area contributed by atoms with Crippen molar-refractivity contribution in [2.75, 3.05) is 13.7 Å². The number of aryl methyl sites for hydroxylation is 1. The first kappa shape index (κ1) is 33.9. The summed E-state index contributed by atoms with van der Waals surface area (Å²) in [4.78, 5) is 34.3. The van der Waals surface area contributed by atoms with Gasteiger partial charge >= 0.3 is 5.97 Å². The van der Waals surface area contributed by atoms with Crippen LogP contribution in [-0.4, -0.2) is 28.8 Å². The zero-order valence-electron chi connectivity index (χ0n) is 29.1. The minimum atomic E-state index is -0.805. The van der Waals surface area contributed by atoms with Crippen molar-refractivity contribution in [2.24, 2.45) is 4.99 Å². The Hall–Kier alpha value is -5.54. The van der Waals surface area contributed by atoms with Gasteiger partial charge in [-0.3, -0.25) is 9.36 Å². The fourth-order valence-corrected chi connectivity index (χ4v) is 7.81. The Labute approximate surface area is 299 Å². The van der Waals surface area contributed by atoms with Crippen molar-refractivity contribution >= 4 is 40.0 Å². The quantitative estimate of drug-likeness (QED) is 0.147. The SMILES string of the molecule is CCOC(=O)C1=C(c2ccccc2)N=c2s/c(=C\c3cn(Cc4ccc(F)cc4)c4ccccc34)c(=O)n2C1c1cc(C(C)C)c(OC)cc1C. The highest BCUT2D eigenvalue weighted by Crippen LogP contribution is 2.40. The summed E-state index contributed by atoms with van der Waals surface area (Å²) in [6.45, 7) is 8.63. The van der Waals surface area contributed by atoms with E-state index in [1.807, 2.05) is 79.9 Å². The van der Waals surface area contributed by atoms with E-state index in [-0.39, 0.29) is 23.9 Å². The maximum atomic E-state index is 14.7. The molecule has 0 bridgehead atoms. The Morgan fingerprint density at radius 3 is 2.45 bits per heavy atom. The topological polar surface area (TPSA) is 74.8 Å². The van der Waals surface area contributed by atoms with Gasteiger partial charge in [0.25, 0.3) is 5.56 Å². The average molecular weight is 700 g/mol. The van der Waals surface area contributed by atoms with Gasteiger partial charge in [0.2, 0.25) is 0 Å². The number of para-hydroxylation sites is 1. The summed E-state index contributed by atoms with van der Waals surface area (Å²) < 4.78 is 29.3. The zero-order valence-corrected chi connectivity index (χ0v) is 30.0. The van der Waals surface area contributed by atoms with E-state index in [9.17, 15) is 14.0 Å². The van der Waals surface area contributed by atoms with Crippen molar-refractivity contribution < 1.29 is 18.7 Å². The molecule has 1 unspecified atom stereocenters. The second kappa shape index (κ2) is 14.0. The van der Waals surface area contributed by atoms with Crippen molar-refractivity contribution in [3.05, 3.63) is 162 Å². The number of hydrogen-bond acceptors (Lipinski definition) is 6. The van der Waals surface area contributed by atoms with Crippen LogP contribution in [0.5, 0.6) is 5.75 Å². The summed E-state index contributed by atoms with van der Waals surface area (Å²) >= 11 is 1.29. The normalized spacial score (nSPS) is 14.6. The lowest BCUT2D eigenvalue weighted by Gasteiger charge is -2.28. The maximum Gasteiger partial charge on any atom is 0.338 e. The molecule has 2 aromatic heterocycles. The first-order valence-electron chi connectivity index (χ1n) is 17.0. The number of carbonyl (C=O) groups excluding carboxylic acids is 1. The van der Waals surface area contributed by atoms with Crippen molar-refractivity contribution in [1.29, 1.82) is 0 Å². The van der Waals surface area contributed by atoms with Crippen LogP contribution in [0.4, 0.5) is 4.39 Å². The highest BCUT2D eigenvalue weighted by atomic mass is 32.1. The summed E-state index contributed by atoms with van der Waals surface area (Å²) in [6, 6.07) is 27.3. The second-order valence-corrected chi connectivity index (χ2v) is 13.9. The smallest absolute Gasteiger partial charge is 0.338 e. The molecule has 258 valence electrons. The molecule has 9 heteroatoms. The molecule has 0 saturated carbocycles. The fourth-order valence-electron chi connectivity index (χ4n) is 6.82. The van der Waals surface area contributed by atoms with Crippen LogP contribution in [0.3, 0.4) is 0 Å². The summed E-state index contributed by atoms with van der Waals surface area (Å²) in [7, 11) is 1.65. The van der Waals surface area contributed by atoms with Gasteiger partial charge in [-0.2, -0.15) is 0 Å².